The summed E-state index contributed by atoms with van der Waals surface area (Å²) in [6, 6.07) is 7.39. The fraction of sp³-hybridized carbons (Fsp3) is 0.600. The maximum atomic E-state index is 14.5. The van der Waals surface area contributed by atoms with Crippen LogP contribution in [0.2, 0.25) is 0 Å². The first-order valence-corrected chi connectivity index (χ1v) is 16.9. The molecule has 0 aliphatic carbocycles. The predicted molar refractivity (Wildman–Crippen MR) is 172 cm³/mol. The van der Waals surface area contributed by atoms with Gasteiger partial charge in [-0.25, -0.2) is 0 Å². The summed E-state index contributed by atoms with van der Waals surface area (Å²) in [7, 11) is 1.51. The van der Waals surface area contributed by atoms with Gasteiger partial charge < -0.3 is 39.2 Å². The van der Waals surface area contributed by atoms with E-state index in [1.165, 1.54) is 12.0 Å². The number of aliphatic hydroxyl groups is 1. The fourth-order valence-corrected chi connectivity index (χ4v) is 7.71. The molecule has 1 aromatic carbocycles. The molecule has 6 rings (SSSR count). The summed E-state index contributed by atoms with van der Waals surface area (Å²) < 4.78 is 24.0. The summed E-state index contributed by atoms with van der Waals surface area (Å²) in [5.74, 6) is -3.64. The number of cyclic esters (lactones) is 1. The summed E-state index contributed by atoms with van der Waals surface area (Å²) in [5, 5.41) is 12.7. The molecule has 13 nitrogen and oxygen atoms in total. The summed E-state index contributed by atoms with van der Waals surface area (Å²) in [6.07, 6.45) is 6.20. The van der Waals surface area contributed by atoms with Gasteiger partial charge in [0.05, 0.1) is 37.9 Å². The largest absolute Gasteiger partial charge is 0.455 e. The number of hydrogen-bond donors (Lipinski definition) is 2. The van der Waals surface area contributed by atoms with Crippen molar-refractivity contribution < 1.29 is 43.2 Å². The number of nitrogens with zero attached hydrogens (tertiary/aromatic N) is 3. The van der Waals surface area contributed by atoms with Crippen LogP contribution in [0.4, 0.5) is 0 Å². The van der Waals surface area contributed by atoms with Gasteiger partial charge in [-0.1, -0.05) is 54.6 Å². The lowest BCUT2D eigenvalue weighted by atomic mass is 9.77. The van der Waals surface area contributed by atoms with Crippen molar-refractivity contribution in [3.63, 3.8) is 0 Å². The highest BCUT2D eigenvalue weighted by Crippen LogP contribution is 2.53. The van der Waals surface area contributed by atoms with Crippen molar-refractivity contribution in [2.24, 2.45) is 11.8 Å². The first-order valence-electron chi connectivity index (χ1n) is 16.9. The van der Waals surface area contributed by atoms with Gasteiger partial charge in [-0.15, -0.1) is 0 Å². The lowest BCUT2D eigenvalue weighted by molar-refractivity contribution is -0.162. The zero-order valence-electron chi connectivity index (χ0n) is 27.4. The van der Waals surface area contributed by atoms with E-state index in [0.29, 0.717) is 44.8 Å². The first-order chi connectivity index (χ1) is 23.4. The normalized spacial score (nSPS) is 33.5. The van der Waals surface area contributed by atoms with Crippen LogP contribution in [0.3, 0.4) is 0 Å². The number of benzene rings is 1. The second-order valence-corrected chi connectivity index (χ2v) is 13.0. The molecule has 2 N–H and O–H groups in total. The van der Waals surface area contributed by atoms with Gasteiger partial charge in [-0.05, 0) is 18.4 Å². The Bertz CT molecular complexity index is 1380. The van der Waals surface area contributed by atoms with Crippen LogP contribution in [0.15, 0.2) is 54.6 Å². The number of aliphatic hydroxyl groups excluding tert-OH is 1. The van der Waals surface area contributed by atoms with E-state index in [0.717, 1.165) is 13.1 Å². The number of fused-ring (bicyclic) bond motifs is 2. The van der Waals surface area contributed by atoms with E-state index in [2.05, 4.69) is 10.2 Å². The average Bonchev–Trinajstić information content (AvgIpc) is 3.48. The van der Waals surface area contributed by atoms with Crippen LogP contribution in [0.5, 0.6) is 0 Å². The van der Waals surface area contributed by atoms with Crippen LogP contribution in [0.25, 0.3) is 0 Å². The van der Waals surface area contributed by atoms with E-state index in [1.807, 2.05) is 36.4 Å². The first kappa shape index (κ1) is 34.3. The number of allylic oxidation sites excluding steroid dienone is 1. The lowest BCUT2D eigenvalue weighted by Crippen LogP contribution is -2.56. The number of amides is 3. The van der Waals surface area contributed by atoms with Gasteiger partial charge in [0.2, 0.25) is 17.7 Å². The van der Waals surface area contributed by atoms with Crippen LogP contribution in [-0.2, 0) is 38.1 Å². The van der Waals surface area contributed by atoms with Crippen LogP contribution in [-0.4, -0.2) is 140 Å². The molecule has 0 radical (unpaired) electrons. The quantitative estimate of drug-likeness (QED) is 0.281. The summed E-state index contributed by atoms with van der Waals surface area (Å²) >= 11 is 0. The number of likely N-dealkylation sites (tertiary alicyclic amines) is 1. The van der Waals surface area contributed by atoms with Crippen molar-refractivity contribution in [2.75, 3.05) is 72.8 Å². The zero-order valence-corrected chi connectivity index (χ0v) is 27.4. The Labute approximate surface area is 280 Å². The number of esters is 1. The molecule has 3 amide bonds. The molecule has 0 aromatic heterocycles. The molecule has 13 heteroatoms. The molecule has 5 aliphatic heterocycles. The zero-order chi connectivity index (χ0) is 33.7. The third-order valence-corrected chi connectivity index (χ3v) is 9.99. The van der Waals surface area contributed by atoms with Crippen LogP contribution in [0, 0.1) is 11.8 Å². The van der Waals surface area contributed by atoms with Crippen molar-refractivity contribution in [1.29, 1.82) is 0 Å². The molecule has 1 aromatic rings. The Hall–Kier alpha value is -3.62. The number of carbonyl (C=O) groups is 4. The smallest absolute Gasteiger partial charge is 0.313 e. The molecular formula is C35H46N4O9. The van der Waals surface area contributed by atoms with Crippen LogP contribution in [0.1, 0.15) is 30.9 Å². The molecule has 3 saturated heterocycles. The SMILES string of the molecule is COC[C@H]1NC(=O)CC/C=C\[C@H]2O[C@]34C=CCN(CCN5CCOCC5)C(=O)[C@H]3N(CCCO)C(=O)[C@@H]4[C@H]2C(=O)O[C@@H]1c1ccccc1. The maximum absolute atomic E-state index is 14.5. The topological polar surface area (TPSA) is 147 Å². The van der Waals surface area contributed by atoms with Gasteiger partial charge >= 0.3 is 5.97 Å². The Balaban J connectivity index is 1.36. The van der Waals surface area contributed by atoms with Crippen molar-refractivity contribution in [2.45, 2.75) is 49.2 Å². The number of morpholine rings is 1. The predicted octanol–water partition coefficient (Wildman–Crippen LogP) is 0.446. The highest BCUT2D eigenvalue weighted by atomic mass is 16.6. The van der Waals surface area contributed by atoms with Crippen molar-refractivity contribution in [3.8, 4) is 0 Å². The minimum Gasteiger partial charge on any atom is -0.455 e. The third-order valence-electron chi connectivity index (χ3n) is 9.99. The van der Waals surface area contributed by atoms with Gasteiger partial charge in [-0.2, -0.15) is 0 Å². The summed E-state index contributed by atoms with van der Waals surface area (Å²) in [4.78, 5) is 61.9. The highest BCUT2D eigenvalue weighted by molar-refractivity contribution is 5.99. The summed E-state index contributed by atoms with van der Waals surface area (Å²) in [5.41, 5.74) is -0.773. The Morgan fingerprint density at radius 2 is 1.81 bits per heavy atom. The second kappa shape index (κ2) is 15.3. The number of carbonyl (C=O) groups excluding carboxylic acids is 4. The van der Waals surface area contributed by atoms with Gasteiger partial charge in [0.1, 0.15) is 23.7 Å². The standard InChI is InChI=1S/C35H46N4O9/c1-45-23-25-30(24-9-3-2-4-10-24)47-34(44)28-26(11-5-6-12-27(41)36-25)48-35-13-7-14-38(17-16-37-18-21-46-22-19-37)33(43)31(35)39(15-8-20-40)32(42)29(28)35/h2-5,7,9-11,13,25-26,28-31,40H,6,8,12,14-23H2,1H3,(H,36,41)/b11-5-/t25-,26-,28+,29+,30-,31-,35+/m1/s1. The van der Waals surface area contributed by atoms with E-state index in [9.17, 15) is 24.3 Å². The maximum Gasteiger partial charge on any atom is 0.313 e. The van der Waals surface area contributed by atoms with Crippen molar-refractivity contribution >= 4 is 23.7 Å². The van der Waals surface area contributed by atoms with Crippen molar-refractivity contribution in [1.82, 2.24) is 20.0 Å². The van der Waals surface area contributed by atoms with Gasteiger partial charge in [0.15, 0.2) is 0 Å². The van der Waals surface area contributed by atoms with E-state index >= 15 is 0 Å². The minimum atomic E-state index is -1.43. The number of ether oxygens (including phenoxy) is 4. The van der Waals surface area contributed by atoms with Crippen LogP contribution < -0.4 is 5.32 Å². The van der Waals surface area contributed by atoms with Gasteiger partial charge in [0, 0.05) is 59.4 Å². The molecule has 48 heavy (non-hydrogen) atoms. The average molecular weight is 667 g/mol. The Kier molecular flexibility index (Phi) is 10.9. The molecule has 260 valence electrons. The van der Waals surface area contributed by atoms with E-state index in [-0.39, 0.29) is 50.3 Å². The van der Waals surface area contributed by atoms with Crippen LogP contribution >= 0.6 is 0 Å². The van der Waals surface area contributed by atoms with E-state index < -0.39 is 47.7 Å². The number of nitrogens with one attached hydrogen (secondary N) is 1. The highest BCUT2D eigenvalue weighted by Gasteiger charge is 2.71. The Morgan fingerprint density at radius 3 is 2.56 bits per heavy atom. The van der Waals surface area contributed by atoms with Crippen molar-refractivity contribution in [3.05, 3.63) is 60.2 Å². The molecular weight excluding hydrogens is 620 g/mol. The summed E-state index contributed by atoms with van der Waals surface area (Å²) in [6.45, 7) is 4.36. The molecule has 0 unspecified atom stereocenters. The second-order valence-electron chi connectivity index (χ2n) is 13.0. The Morgan fingerprint density at radius 1 is 1.02 bits per heavy atom. The van der Waals surface area contributed by atoms with Gasteiger partial charge in [-0.3, -0.25) is 24.1 Å². The lowest BCUT2D eigenvalue weighted by Gasteiger charge is -2.36. The molecule has 0 saturated carbocycles. The number of hydrogen-bond acceptors (Lipinski definition) is 10. The molecule has 5 aliphatic rings. The fourth-order valence-electron chi connectivity index (χ4n) is 7.71. The number of rotatable bonds is 9. The molecule has 0 bridgehead atoms. The van der Waals surface area contributed by atoms with E-state index in [4.69, 9.17) is 18.9 Å². The van der Waals surface area contributed by atoms with E-state index in [1.54, 1.807) is 23.1 Å². The minimum absolute atomic E-state index is 0.0832. The molecule has 1 spiro atoms. The number of methoxy groups -OCH3 is 1. The molecule has 7 atom stereocenters. The monoisotopic (exact) mass is 666 g/mol. The third kappa shape index (κ3) is 6.79. The molecule has 3 fully saturated rings. The van der Waals surface area contributed by atoms with Gasteiger partial charge in [0.25, 0.3) is 0 Å². The molecule has 5 heterocycles.